The Kier molecular flexibility index (Phi) is 4.11. The zero-order chi connectivity index (χ0) is 14.9. The molecule has 1 unspecified atom stereocenters. The van der Waals surface area contributed by atoms with Gasteiger partial charge in [-0.1, -0.05) is 20.8 Å². The van der Waals surface area contributed by atoms with E-state index >= 15 is 0 Å². The quantitative estimate of drug-likeness (QED) is 0.872. The first kappa shape index (κ1) is 14.6. The highest BCUT2D eigenvalue weighted by molar-refractivity contribution is 5.70. The second-order valence-electron chi connectivity index (χ2n) is 5.89. The molecule has 2 heterocycles. The molecule has 1 N–H and O–H groups in total. The minimum Gasteiger partial charge on any atom is -0.481 e. The SMILES string of the molecule is CC(C)Cn1ccnc(N2CC(C(C)C(=O)O)C2)c1=O. The van der Waals surface area contributed by atoms with Crippen LogP contribution in [-0.2, 0) is 11.3 Å². The van der Waals surface area contributed by atoms with E-state index in [-0.39, 0.29) is 17.4 Å². The second kappa shape index (κ2) is 5.64. The molecule has 0 spiro atoms. The maximum Gasteiger partial charge on any atom is 0.306 e. The minimum atomic E-state index is -0.784. The Labute approximate surface area is 118 Å². The van der Waals surface area contributed by atoms with Gasteiger partial charge in [0.2, 0.25) is 0 Å². The van der Waals surface area contributed by atoms with Crippen LogP contribution in [0.2, 0.25) is 0 Å². The first-order valence-corrected chi connectivity index (χ1v) is 6.93. The molecular weight excluding hydrogens is 258 g/mol. The van der Waals surface area contributed by atoms with E-state index in [9.17, 15) is 9.59 Å². The average molecular weight is 279 g/mol. The molecule has 0 aromatic carbocycles. The summed E-state index contributed by atoms with van der Waals surface area (Å²) in [6.07, 6.45) is 3.33. The zero-order valence-electron chi connectivity index (χ0n) is 12.1. The van der Waals surface area contributed by atoms with Gasteiger partial charge in [0.1, 0.15) is 0 Å². The van der Waals surface area contributed by atoms with Crippen LogP contribution in [0.1, 0.15) is 20.8 Å². The zero-order valence-corrected chi connectivity index (χ0v) is 12.1. The Morgan fingerprint density at radius 1 is 1.45 bits per heavy atom. The highest BCUT2D eigenvalue weighted by atomic mass is 16.4. The molecule has 1 aromatic rings. The average Bonchev–Trinajstić information content (AvgIpc) is 2.31. The molecule has 1 aromatic heterocycles. The summed E-state index contributed by atoms with van der Waals surface area (Å²) in [4.78, 5) is 29.2. The fourth-order valence-electron chi connectivity index (χ4n) is 2.39. The topological polar surface area (TPSA) is 75.4 Å². The highest BCUT2D eigenvalue weighted by Gasteiger charge is 2.36. The predicted octanol–water partition coefficient (Wildman–Crippen LogP) is 1.06. The third-order valence-electron chi connectivity index (χ3n) is 3.76. The van der Waals surface area contributed by atoms with Crippen molar-refractivity contribution >= 4 is 11.8 Å². The van der Waals surface area contributed by atoms with Crippen LogP contribution in [-0.4, -0.2) is 33.7 Å². The van der Waals surface area contributed by atoms with E-state index in [0.29, 0.717) is 31.4 Å². The molecule has 6 heteroatoms. The van der Waals surface area contributed by atoms with E-state index in [0.717, 1.165) is 0 Å². The Morgan fingerprint density at radius 2 is 2.10 bits per heavy atom. The van der Waals surface area contributed by atoms with E-state index in [2.05, 4.69) is 18.8 Å². The van der Waals surface area contributed by atoms with Gasteiger partial charge in [0, 0.05) is 37.9 Å². The van der Waals surface area contributed by atoms with Gasteiger partial charge in [-0.2, -0.15) is 0 Å². The van der Waals surface area contributed by atoms with Crippen molar-refractivity contribution in [2.24, 2.45) is 17.8 Å². The Hall–Kier alpha value is -1.85. The summed E-state index contributed by atoms with van der Waals surface area (Å²) >= 11 is 0. The summed E-state index contributed by atoms with van der Waals surface area (Å²) in [6, 6.07) is 0. The van der Waals surface area contributed by atoms with Crippen LogP contribution in [0.4, 0.5) is 5.82 Å². The van der Waals surface area contributed by atoms with Crippen LogP contribution in [0, 0.1) is 17.8 Å². The summed E-state index contributed by atoms with van der Waals surface area (Å²) in [5.74, 6) is -0.255. The number of anilines is 1. The number of nitrogens with zero attached hydrogens (tertiary/aromatic N) is 3. The molecule has 2 rings (SSSR count). The van der Waals surface area contributed by atoms with Crippen molar-refractivity contribution in [2.75, 3.05) is 18.0 Å². The second-order valence-corrected chi connectivity index (χ2v) is 5.89. The van der Waals surface area contributed by atoms with Crippen molar-refractivity contribution in [3.8, 4) is 0 Å². The normalized spacial score (nSPS) is 17.1. The highest BCUT2D eigenvalue weighted by Crippen LogP contribution is 2.26. The maximum atomic E-state index is 12.3. The van der Waals surface area contributed by atoms with Gasteiger partial charge in [-0.25, -0.2) is 4.98 Å². The van der Waals surface area contributed by atoms with E-state index in [4.69, 9.17) is 5.11 Å². The fraction of sp³-hybridized carbons (Fsp3) is 0.643. The number of aromatic nitrogens is 2. The molecule has 0 amide bonds. The predicted molar refractivity (Wildman–Crippen MR) is 75.8 cm³/mol. The molecule has 0 saturated carbocycles. The molecule has 1 aliphatic rings. The lowest BCUT2D eigenvalue weighted by Gasteiger charge is -2.41. The maximum absolute atomic E-state index is 12.3. The third kappa shape index (κ3) is 2.84. The van der Waals surface area contributed by atoms with Crippen LogP contribution in [0.25, 0.3) is 0 Å². The molecule has 20 heavy (non-hydrogen) atoms. The van der Waals surface area contributed by atoms with E-state index < -0.39 is 5.97 Å². The summed E-state index contributed by atoms with van der Waals surface area (Å²) in [5, 5.41) is 8.97. The van der Waals surface area contributed by atoms with Gasteiger partial charge < -0.3 is 14.6 Å². The number of carboxylic acid groups (broad SMARTS) is 1. The van der Waals surface area contributed by atoms with Gasteiger partial charge in [-0.05, 0) is 5.92 Å². The largest absolute Gasteiger partial charge is 0.481 e. The van der Waals surface area contributed by atoms with Crippen molar-refractivity contribution in [3.63, 3.8) is 0 Å². The van der Waals surface area contributed by atoms with Gasteiger partial charge in [0.25, 0.3) is 5.56 Å². The molecule has 1 saturated heterocycles. The smallest absolute Gasteiger partial charge is 0.306 e. The number of carbonyl (C=O) groups is 1. The number of carboxylic acids is 1. The number of aliphatic carboxylic acids is 1. The van der Waals surface area contributed by atoms with E-state index in [1.54, 1.807) is 23.9 Å². The van der Waals surface area contributed by atoms with Crippen LogP contribution in [0.3, 0.4) is 0 Å². The summed E-state index contributed by atoms with van der Waals surface area (Å²) in [5.41, 5.74) is -0.0948. The number of hydrogen-bond acceptors (Lipinski definition) is 4. The Morgan fingerprint density at radius 3 is 2.65 bits per heavy atom. The Balaban J connectivity index is 2.09. The van der Waals surface area contributed by atoms with Crippen molar-refractivity contribution < 1.29 is 9.90 Å². The molecule has 110 valence electrons. The molecule has 1 atom stereocenters. The number of hydrogen-bond donors (Lipinski definition) is 1. The fourth-order valence-corrected chi connectivity index (χ4v) is 2.39. The van der Waals surface area contributed by atoms with Crippen molar-refractivity contribution in [3.05, 3.63) is 22.7 Å². The third-order valence-corrected chi connectivity index (χ3v) is 3.76. The lowest BCUT2D eigenvalue weighted by atomic mass is 9.87. The van der Waals surface area contributed by atoms with Crippen molar-refractivity contribution in [1.82, 2.24) is 9.55 Å². The Bertz CT molecular complexity index is 547. The molecule has 1 fully saturated rings. The van der Waals surface area contributed by atoms with Crippen LogP contribution < -0.4 is 10.5 Å². The summed E-state index contributed by atoms with van der Waals surface area (Å²) < 4.78 is 1.67. The molecule has 1 aliphatic heterocycles. The monoisotopic (exact) mass is 279 g/mol. The molecular formula is C14H21N3O3. The first-order valence-electron chi connectivity index (χ1n) is 6.93. The van der Waals surface area contributed by atoms with Crippen LogP contribution >= 0.6 is 0 Å². The lowest BCUT2D eigenvalue weighted by molar-refractivity contribution is -0.143. The molecule has 0 radical (unpaired) electrons. The molecule has 0 aliphatic carbocycles. The van der Waals surface area contributed by atoms with Crippen molar-refractivity contribution in [2.45, 2.75) is 27.3 Å². The first-order chi connectivity index (χ1) is 9.40. The molecule has 0 bridgehead atoms. The van der Waals surface area contributed by atoms with E-state index in [1.807, 2.05) is 4.90 Å². The number of rotatable bonds is 5. The van der Waals surface area contributed by atoms with E-state index in [1.165, 1.54) is 0 Å². The molecule has 6 nitrogen and oxygen atoms in total. The lowest BCUT2D eigenvalue weighted by Crippen LogP contribution is -2.53. The summed E-state index contributed by atoms with van der Waals surface area (Å²) in [6.45, 7) is 7.65. The van der Waals surface area contributed by atoms with Gasteiger partial charge in [-0.15, -0.1) is 0 Å². The van der Waals surface area contributed by atoms with Gasteiger partial charge >= 0.3 is 5.97 Å². The van der Waals surface area contributed by atoms with Gasteiger partial charge in [0.15, 0.2) is 5.82 Å². The van der Waals surface area contributed by atoms with Crippen LogP contribution in [0.15, 0.2) is 17.2 Å². The minimum absolute atomic E-state index is 0.0902. The standard InChI is InChI=1S/C14H21N3O3/c1-9(2)6-16-5-4-15-12(13(16)18)17-7-11(8-17)10(3)14(19)20/h4-5,9-11H,6-8H2,1-3H3,(H,19,20). The van der Waals surface area contributed by atoms with Crippen LogP contribution in [0.5, 0.6) is 0 Å². The van der Waals surface area contributed by atoms with Gasteiger partial charge in [0.05, 0.1) is 5.92 Å². The van der Waals surface area contributed by atoms with Gasteiger partial charge in [-0.3, -0.25) is 9.59 Å². The summed E-state index contributed by atoms with van der Waals surface area (Å²) in [7, 11) is 0. The van der Waals surface area contributed by atoms with Crippen molar-refractivity contribution in [1.29, 1.82) is 0 Å².